The van der Waals surface area contributed by atoms with Crippen LogP contribution in [0.25, 0.3) is 0 Å². The zero-order chi connectivity index (χ0) is 42.1. The molecule has 0 saturated carbocycles. The van der Waals surface area contributed by atoms with Crippen molar-refractivity contribution in [3.05, 3.63) is 97.2 Å². The summed E-state index contributed by atoms with van der Waals surface area (Å²) in [6.07, 6.45) is 50.3. The smallest absolute Gasteiger partial charge is 0.462 e. The number of nitrogens with zero attached hydrogens (tertiary/aromatic N) is 1. The van der Waals surface area contributed by atoms with Gasteiger partial charge >= 0.3 is 19.8 Å². The monoisotopic (exact) mass is 817 g/mol. The van der Waals surface area contributed by atoms with Gasteiger partial charge < -0.3 is 18.9 Å². The zero-order valence-electron chi connectivity index (χ0n) is 36.3. The van der Waals surface area contributed by atoms with Gasteiger partial charge in [-0.1, -0.05) is 150 Å². The van der Waals surface area contributed by atoms with E-state index in [4.69, 9.17) is 18.5 Å². The average molecular weight is 817 g/mol. The lowest BCUT2D eigenvalue weighted by molar-refractivity contribution is -0.870. The van der Waals surface area contributed by atoms with Crippen LogP contribution in [0.1, 0.15) is 136 Å². The first-order chi connectivity index (χ1) is 27.5. The molecule has 0 aliphatic carbocycles. The number of esters is 2. The van der Waals surface area contributed by atoms with Crippen molar-refractivity contribution in [3.8, 4) is 0 Å². The van der Waals surface area contributed by atoms with Gasteiger partial charge in [-0.2, -0.15) is 0 Å². The van der Waals surface area contributed by atoms with E-state index in [-0.39, 0.29) is 26.1 Å². The van der Waals surface area contributed by atoms with E-state index >= 15 is 0 Å². The van der Waals surface area contributed by atoms with Gasteiger partial charge in [-0.15, -0.1) is 0 Å². The van der Waals surface area contributed by atoms with E-state index in [0.717, 1.165) is 77.0 Å². The van der Waals surface area contributed by atoms with Gasteiger partial charge in [0.2, 0.25) is 0 Å². The Hall–Kier alpha value is -3.07. The van der Waals surface area contributed by atoms with Crippen molar-refractivity contribution in [2.24, 2.45) is 0 Å². The van der Waals surface area contributed by atoms with Crippen LogP contribution in [0.3, 0.4) is 0 Å². The van der Waals surface area contributed by atoms with Gasteiger partial charge in [-0.25, -0.2) is 4.57 Å². The maximum Gasteiger partial charge on any atom is 0.472 e. The van der Waals surface area contributed by atoms with E-state index in [1.54, 1.807) is 0 Å². The summed E-state index contributed by atoms with van der Waals surface area (Å²) in [5.41, 5.74) is 0. The molecule has 0 rings (SSSR count). The number of hydrogen-bond donors (Lipinski definition) is 1. The van der Waals surface area contributed by atoms with Gasteiger partial charge in [0.25, 0.3) is 0 Å². The van der Waals surface area contributed by atoms with E-state index < -0.39 is 32.5 Å². The number of hydrogen-bond acceptors (Lipinski definition) is 7. The minimum Gasteiger partial charge on any atom is -0.462 e. The van der Waals surface area contributed by atoms with Crippen molar-refractivity contribution in [2.75, 3.05) is 47.5 Å². The molecule has 10 heteroatoms. The largest absolute Gasteiger partial charge is 0.472 e. The van der Waals surface area contributed by atoms with Crippen LogP contribution in [-0.2, 0) is 32.7 Å². The highest BCUT2D eigenvalue weighted by molar-refractivity contribution is 7.47. The number of ether oxygens (including phenoxy) is 2. The van der Waals surface area contributed by atoms with E-state index in [2.05, 4.69) is 74.6 Å². The van der Waals surface area contributed by atoms with Crippen molar-refractivity contribution in [2.45, 2.75) is 142 Å². The summed E-state index contributed by atoms with van der Waals surface area (Å²) in [5.74, 6) is -0.869. The number of allylic oxidation sites excluding steroid dienone is 16. The van der Waals surface area contributed by atoms with E-state index in [1.165, 1.54) is 19.3 Å². The summed E-state index contributed by atoms with van der Waals surface area (Å²) in [6, 6.07) is 0. The number of rotatable bonds is 37. The fourth-order valence-corrected chi connectivity index (χ4v) is 5.87. The molecule has 0 aliphatic rings. The molecule has 0 radical (unpaired) electrons. The lowest BCUT2D eigenvalue weighted by Gasteiger charge is -2.24. The fraction of sp³-hybridized carbons (Fsp3) is 0.617. The number of likely N-dealkylation sites (N-methyl/N-ethyl adjacent to an activating group) is 1. The Labute approximate surface area is 347 Å². The molecule has 1 N–H and O–H groups in total. The minimum absolute atomic E-state index is 0.0158. The highest BCUT2D eigenvalue weighted by Gasteiger charge is 2.27. The molecule has 324 valence electrons. The Morgan fingerprint density at radius 2 is 1.04 bits per heavy atom. The summed E-state index contributed by atoms with van der Waals surface area (Å²) in [5, 5.41) is 0. The third-order valence-corrected chi connectivity index (χ3v) is 9.44. The van der Waals surface area contributed by atoms with Crippen molar-refractivity contribution in [1.82, 2.24) is 0 Å². The molecule has 2 unspecified atom stereocenters. The minimum atomic E-state index is -4.39. The number of phosphoric ester groups is 1. The molecule has 0 amide bonds. The molecule has 0 heterocycles. The van der Waals surface area contributed by atoms with Crippen molar-refractivity contribution in [1.29, 1.82) is 0 Å². The fourth-order valence-electron chi connectivity index (χ4n) is 5.13. The Morgan fingerprint density at radius 1 is 0.561 bits per heavy atom. The summed E-state index contributed by atoms with van der Waals surface area (Å²) in [6.45, 7) is 4.07. The van der Waals surface area contributed by atoms with Crippen molar-refractivity contribution in [3.63, 3.8) is 0 Å². The summed E-state index contributed by atoms with van der Waals surface area (Å²) >= 11 is 0. The highest BCUT2D eigenvalue weighted by atomic mass is 31.2. The molecule has 0 bridgehead atoms. The Balaban J connectivity index is 4.42. The molecule has 0 aliphatic heterocycles. The second-order valence-corrected chi connectivity index (χ2v) is 16.5. The van der Waals surface area contributed by atoms with Gasteiger partial charge in [-0.05, 0) is 70.6 Å². The van der Waals surface area contributed by atoms with Gasteiger partial charge in [0.05, 0.1) is 27.7 Å². The second kappa shape index (κ2) is 38.4. The molecular weight excluding hydrogens is 737 g/mol. The van der Waals surface area contributed by atoms with Gasteiger partial charge in [0.15, 0.2) is 6.10 Å². The number of phosphoric acid groups is 1. The second-order valence-electron chi connectivity index (χ2n) is 15.1. The van der Waals surface area contributed by atoms with Crippen LogP contribution in [0.2, 0.25) is 0 Å². The lowest BCUT2D eigenvalue weighted by Crippen LogP contribution is -2.37. The average Bonchev–Trinajstić information content (AvgIpc) is 3.16. The SMILES string of the molecule is CC/C=C/C=C/C=C/C=C/CCCCCC(=O)OC(COC(=O)CCCCCCCCC/C=C/C/C=C/C/C=C/C/C=C/CC)COP(=O)(O)OCC[N+](C)(C)C. The first kappa shape index (κ1) is 53.9. The van der Waals surface area contributed by atoms with Gasteiger partial charge in [0.1, 0.15) is 19.8 Å². The van der Waals surface area contributed by atoms with E-state index in [1.807, 2.05) is 57.6 Å². The first-order valence-corrected chi connectivity index (χ1v) is 23.0. The van der Waals surface area contributed by atoms with Crippen molar-refractivity contribution < 1.29 is 42.1 Å². The predicted molar refractivity (Wildman–Crippen MR) is 238 cm³/mol. The molecule has 2 atom stereocenters. The van der Waals surface area contributed by atoms with E-state index in [0.29, 0.717) is 23.9 Å². The van der Waals surface area contributed by atoms with Crippen LogP contribution < -0.4 is 0 Å². The summed E-state index contributed by atoms with van der Waals surface area (Å²) < 4.78 is 34.2. The number of unbranched alkanes of at least 4 members (excludes halogenated alkanes) is 10. The highest BCUT2D eigenvalue weighted by Crippen LogP contribution is 2.43. The lowest BCUT2D eigenvalue weighted by atomic mass is 10.1. The molecule has 0 aromatic heterocycles. The molecule has 0 aromatic carbocycles. The third-order valence-electron chi connectivity index (χ3n) is 8.45. The topological polar surface area (TPSA) is 108 Å². The van der Waals surface area contributed by atoms with Gasteiger partial charge in [0, 0.05) is 12.8 Å². The summed E-state index contributed by atoms with van der Waals surface area (Å²) in [4.78, 5) is 35.3. The normalized spacial score (nSPS) is 14.6. The first-order valence-electron chi connectivity index (χ1n) is 21.5. The van der Waals surface area contributed by atoms with Crippen LogP contribution >= 0.6 is 7.82 Å². The Morgan fingerprint density at radius 3 is 1.63 bits per heavy atom. The molecule has 9 nitrogen and oxygen atoms in total. The predicted octanol–water partition coefficient (Wildman–Crippen LogP) is 12.2. The van der Waals surface area contributed by atoms with Crippen LogP contribution in [0.15, 0.2) is 97.2 Å². The standard InChI is InChI=1S/C47H78NO8P/c1-6-8-10-12-14-16-18-20-21-22-23-24-25-26-28-29-31-33-35-37-39-46(49)53-43-45(44-55-57(51,52)54-42-41-48(3,4)5)56-47(50)40-38-36-34-32-30-27-19-17-15-13-11-9-7-2/h8-11,13-17,19-21,23-24,27,30,45H,6-7,12,18,22,25-26,28-29,31-44H2,1-5H3/p+1/b10-8+,11-9+,15-13+,16-14+,19-17+,21-20+,24-23+,30-27+. The van der Waals surface area contributed by atoms with Crippen LogP contribution in [-0.4, -0.2) is 74.9 Å². The van der Waals surface area contributed by atoms with Crippen LogP contribution in [0.5, 0.6) is 0 Å². The van der Waals surface area contributed by atoms with Gasteiger partial charge in [-0.3, -0.25) is 18.6 Å². The van der Waals surface area contributed by atoms with Crippen molar-refractivity contribution >= 4 is 19.8 Å². The Kier molecular flexibility index (Phi) is 36.4. The number of carbonyl (C=O) groups is 2. The molecule has 0 spiro atoms. The maximum atomic E-state index is 12.6. The molecule has 0 saturated heterocycles. The quantitative estimate of drug-likeness (QED) is 0.0165. The van der Waals surface area contributed by atoms with Crippen LogP contribution in [0, 0.1) is 0 Å². The summed E-state index contributed by atoms with van der Waals surface area (Å²) in [7, 11) is 1.42. The van der Waals surface area contributed by atoms with E-state index in [9.17, 15) is 19.0 Å². The maximum absolute atomic E-state index is 12.6. The molecule has 0 fully saturated rings. The third kappa shape index (κ3) is 42.4. The number of carbonyl (C=O) groups excluding carboxylic acids is 2. The molecule has 57 heavy (non-hydrogen) atoms. The Bertz CT molecular complexity index is 1290. The molecule has 0 aromatic rings. The van der Waals surface area contributed by atoms with Crippen LogP contribution in [0.4, 0.5) is 0 Å². The molecular formula is C47H79NO8P+. The zero-order valence-corrected chi connectivity index (χ0v) is 37.2. The number of quaternary nitrogens is 1.